The lowest BCUT2D eigenvalue weighted by molar-refractivity contribution is 0.246. The SMILES string of the molecule is Fc1ccc(NCC2Cc3cc(Cl)ccc3O2)cc1Cl. The summed E-state index contributed by atoms with van der Waals surface area (Å²) in [5.41, 5.74) is 1.88. The van der Waals surface area contributed by atoms with Crippen molar-refractivity contribution in [1.82, 2.24) is 0 Å². The lowest BCUT2D eigenvalue weighted by atomic mass is 10.1. The number of rotatable bonds is 3. The first-order chi connectivity index (χ1) is 9.61. The summed E-state index contributed by atoms with van der Waals surface area (Å²) in [7, 11) is 0. The topological polar surface area (TPSA) is 21.3 Å². The van der Waals surface area contributed by atoms with Crippen molar-refractivity contribution in [2.45, 2.75) is 12.5 Å². The van der Waals surface area contributed by atoms with E-state index >= 15 is 0 Å². The largest absolute Gasteiger partial charge is 0.488 e. The van der Waals surface area contributed by atoms with Crippen LogP contribution in [-0.4, -0.2) is 12.6 Å². The minimum atomic E-state index is -0.420. The van der Waals surface area contributed by atoms with Crippen molar-refractivity contribution in [1.29, 1.82) is 0 Å². The molecular formula is C15H12Cl2FNO. The molecule has 0 bridgehead atoms. The smallest absolute Gasteiger partial charge is 0.141 e. The zero-order valence-corrected chi connectivity index (χ0v) is 12.0. The summed E-state index contributed by atoms with van der Waals surface area (Å²) in [6, 6.07) is 10.2. The molecule has 20 heavy (non-hydrogen) atoms. The van der Waals surface area contributed by atoms with Crippen LogP contribution in [0.2, 0.25) is 10.0 Å². The number of nitrogens with one attached hydrogen (secondary N) is 1. The number of benzene rings is 2. The summed E-state index contributed by atoms with van der Waals surface area (Å²) in [5.74, 6) is 0.453. The average Bonchev–Trinajstić information content (AvgIpc) is 2.82. The number of anilines is 1. The first-order valence-electron chi connectivity index (χ1n) is 6.26. The first-order valence-corrected chi connectivity index (χ1v) is 7.01. The Morgan fingerprint density at radius 1 is 1.20 bits per heavy atom. The van der Waals surface area contributed by atoms with Gasteiger partial charge in [-0.3, -0.25) is 0 Å². The van der Waals surface area contributed by atoms with Crippen molar-refractivity contribution >= 4 is 28.9 Å². The van der Waals surface area contributed by atoms with E-state index in [1.807, 2.05) is 18.2 Å². The van der Waals surface area contributed by atoms with Gasteiger partial charge in [-0.15, -0.1) is 0 Å². The molecule has 1 aliphatic heterocycles. The Balaban J connectivity index is 1.62. The molecule has 0 aromatic heterocycles. The van der Waals surface area contributed by atoms with Gasteiger partial charge in [0.2, 0.25) is 0 Å². The molecular weight excluding hydrogens is 300 g/mol. The molecule has 0 spiro atoms. The summed E-state index contributed by atoms with van der Waals surface area (Å²) < 4.78 is 18.9. The van der Waals surface area contributed by atoms with Crippen LogP contribution in [-0.2, 0) is 6.42 Å². The van der Waals surface area contributed by atoms with Gasteiger partial charge in [0.05, 0.1) is 11.6 Å². The fourth-order valence-corrected chi connectivity index (χ4v) is 2.62. The maximum absolute atomic E-state index is 13.1. The molecule has 104 valence electrons. The molecule has 0 aliphatic carbocycles. The van der Waals surface area contributed by atoms with Gasteiger partial charge >= 0.3 is 0 Å². The molecule has 0 fully saturated rings. The van der Waals surface area contributed by atoms with Crippen molar-refractivity contribution < 1.29 is 9.13 Å². The number of hydrogen-bond acceptors (Lipinski definition) is 2. The van der Waals surface area contributed by atoms with Gasteiger partial charge in [-0.05, 0) is 42.0 Å². The predicted octanol–water partition coefficient (Wildman–Crippen LogP) is 4.55. The maximum Gasteiger partial charge on any atom is 0.141 e. The fourth-order valence-electron chi connectivity index (χ4n) is 2.24. The highest BCUT2D eigenvalue weighted by atomic mass is 35.5. The van der Waals surface area contributed by atoms with Crippen molar-refractivity contribution in [3.05, 3.63) is 57.8 Å². The second-order valence-electron chi connectivity index (χ2n) is 4.71. The predicted molar refractivity (Wildman–Crippen MR) is 79.5 cm³/mol. The highest BCUT2D eigenvalue weighted by Crippen LogP contribution is 2.31. The third kappa shape index (κ3) is 2.84. The Kier molecular flexibility index (Phi) is 3.72. The van der Waals surface area contributed by atoms with E-state index in [-0.39, 0.29) is 11.1 Å². The van der Waals surface area contributed by atoms with E-state index in [9.17, 15) is 4.39 Å². The van der Waals surface area contributed by atoms with E-state index in [4.69, 9.17) is 27.9 Å². The van der Waals surface area contributed by atoms with Crippen molar-refractivity contribution in [3.63, 3.8) is 0 Å². The van der Waals surface area contributed by atoms with E-state index in [2.05, 4.69) is 5.32 Å². The minimum absolute atomic E-state index is 0.0345. The molecule has 0 amide bonds. The molecule has 2 nitrogen and oxygen atoms in total. The van der Waals surface area contributed by atoms with Gasteiger partial charge in [0.15, 0.2) is 0 Å². The first kappa shape index (κ1) is 13.5. The Bertz CT molecular complexity index is 648. The molecule has 2 aromatic rings. The van der Waals surface area contributed by atoms with Gasteiger partial charge in [0, 0.05) is 17.1 Å². The molecule has 0 radical (unpaired) electrons. The van der Waals surface area contributed by atoms with Crippen LogP contribution in [0, 0.1) is 5.82 Å². The van der Waals surface area contributed by atoms with Crippen LogP contribution in [0.15, 0.2) is 36.4 Å². The van der Waals surface area contributed by atoms with Gasteiger partial charge in [0.25, 0.3) is 0 Å². The van der Waals surface area contributed by atoms with Crippen molar-refractivity contribution in [3.8, 4) is 5.75 Å². The van der Waals surface area contributed by atoms with Crippen LogP contribution >= 0.6 is 23.2 Å². The zero-order chi connectivity index (χ0) is 14.1. The summed E-state index contributed by atoms with van der Waals surface area (Å²) in [6.07, 6.45) is 0.838. The van der Waals surface area contributed by atoms with Gasteiger partial charge in [0.1, 0.15) is 17.7 Å². The summed E-state index contributed by atoms with van der Waals surface area (Å²) in [6.45, 7) is 0.619. The molecule has 1 unspecified atom stereocenters. The van der Waals surface area contributed by atoms with Crippen LogP contribution in [0.1, 0.15) is 5.56 Å². The molecule has 1 heterocycles. The van der Waals surface area contributed by atoms with Crippen LogP contribution in [0.4, 0.5) is 10.1 Å². The van der Waals surface area contributed by atoms with E-state index in [1.165, 1.54) is 6.07 Å². The van der Waals surface area contributed by atoms with Crippen LogP contribution in [0.5, 0.6) is 5.75 Å². The third-order valence-corrected chi connectivity index (χ3v) is 3.74. The number of halogens is 3. The molecule has 0 saturated heterocycles. The number of fused-ring (bicyclic) bond motifs is 1. The zero-order valence-electron chi connectivity index (χ0n) is 10.5. The second-order valence-corrected chi connectivity index (χ2v) is 5.55. The highest BCUT2D eigenvalue weighted by molar-refractivity contribution is 6.31. The normalized spacial score (nSPS) is 16.6. The van der Waals surface area contributed by atoms with E-state index < -0.39 is 5.82 Å². The van der Waals surface area contributed by atoms with Crippen LogP contribution < -0.4 is 10.1 Å². The molecule has 2 aromatic carbocycles. The van der Waals surface area contributed by atoms with Crippen LogP contribution in [0.3, 0.4) is 0 Å². The minimum Gasteiger partial charge on any atom is -0.488 e. The Morgan fingerprint density at radius 3 is 2.85 bits per heavy atom. The lowest BCUT2D eigenvalue weighted by Crippen LogP contribution is -2.23. The third-order valence-electron chi connectivity index (χ3n) is 3.22. The molecule has 1 atom stereocenters. The molecule has 1 N–H and O–H groups in total. The van der Waals surface area contributed by atoms with Crippen molar-refractivity contribution in [2.24, 2.45) is 0 Å². The van der Waals surface area contributed by atoms with Gasteiger partial charge in [-0.1, -0.05) is 23.2 Å². The van der Waals surface area contributed by atoms with Crippen molar-refractivity contribution in [2.75, 3.05) is 11.9 Å². The second kappa shape index (κ2) is 5.51. The molecule has 1 aliphatic rings. The Morgan fingerprint density at radius 2 is 2.05 bits per heavy atom. The Hall–Kier alpha value is -1.45. The van der Waals surface area contributed by atoms with Gasteiger partial charge in [-0.2, -0.15) is 0 Å². The van der Waals surface area contributed by atoms with E-state index in [1.54, 1.807) is 12.1 Å². The average molecular weight is 312 g/mol. The van der Waals surface area contributed by atoms with Crippen LogP contribution in [0.25, 0.3) is 0 Å². The van der Waals surface area contributed by atoms with Gasteiger partial charge in [-0.25, -0.2) is 4.39 Å². The van der Waals surface area contributed by atoms with E-state index in [0.29, 0.717) is 11.6 Å². The molecule has 0 saturated carbocycles. The highest BCUT2D eigenvalue weighted by Gasteiger charge is 2.22. The van der Waals surface area contributed by atoms with Gasteiger partial charge < -0.3 is 10.1 Å². The molecule has 3 rings (SSSR count). The maximum atomic E-state index is 13.1. The fraction of sp³-hybridized carbons (Fsp3) is 0.200. The summed E-state index contributed by atoms with van der Waals surface area (Å²) >= 11 is 11.7. The summed E-state index contributed by atoms with van der Waals surface area (Å²) in [4.78, 5) is 0. The quantitative estimate of drug-likeness (QED) is 0.898. The number of ether oxygens (including phenoxy) is 1. The standard InChI is InChI=1S/C15H12Cl2FNO/c16-10-1-4-15-9(5-10)6-12(20-15)8-19-11-2-3-14(18)13(17)7-11/h1-5,7,12,19H,6,8H2. The lowest BCUT2D eigenvalue weighted by Gasteiger charge is -2.13. The summed E-state index contributed by atoms with van der Waals surface area (Å²) in [5, 5.41) is 4.02. The Labute approximate surface area is 126 Å². The van der Waals surface area contributed by atoms with E-state index in [0.717, 1.165) is 23.4 Å². The number of hydrogen-bond donors (Lipinski definition) is 1. The molecule has 5 heteroatoms. The monoisotopic (exact) mass is 311 g/mol.